The minimum Gasteiger partial charge on any atom is -0.326 e. The van der Waals surface area contributed by atoms with Crippen LogP contribution in [-0.2, 0) is 9.59 Å². The van der Waals surface area contributed by atoms with Gasteiger partial charge in [-0.15, -0.1) is 12.4 Å². The molecule has 0 spiro atoms. The molecule has 0 saturated carbocycles. The third-order valence-corrected chi connectivity index (χ3v) is 2.54. The van der Waals surface area contributed by atoms with Gasteiger partial charge in [0.2, 0.25) is 11.8 Å². The maximum atomic E-state index is 11.5. The highest BCUT2D eigenvalue weighted by atomic mass is 35.5. The number of carbonyl (C=O) groups excluding carboxylic acids is 2. The summed E-state index contributed by atoms with van der Waals surface area (Å²) in [7, 11) is 0. The Morgan fingerprint density at radius 1 is 1.16 bits per heavy atom. The van der Waals surface area contributed by atoms with Crippen LogP contribution >= 0.6 is 12.4 Å². The molecular weight excluding hydrogens is 266 g/mol. The lowest BCUT2D eigenvalue weighted by Crippen LogP contribution is -2.22. The second-order valence-electron chi connectivity index (χ2n) is 4.03. The predicted octanol–water partition coefficient (Wildman–Crippen LogP) is 2.05. The molecule has 2 amide bonds. The van der Waals surface area contributed by atoms with Gasteiger partial charge in [0.15, 0.2) is 0 Å². The van der Waals surface area contributed by atoms with Crippen molar-refractivity contribution in [3.05, 3.63) is 23.8 Å². The summed E-state index contributed by atoms with van der Waals surface area (Å²) < 4.78 is 0. The van der Waals surface area contributed by atoms with Gasteiger partial charge in [0, 0.05) is 17.8 Å². The molecule has 6 heteroatoms. The van der Waals surface area contributed by atoms with Crippen LogP contribution in [0.4, 0.5) is 11.4 Å². The summed E-state index contributed by atoms with van der Waals surface area (Å²) >= 11 is 0. The molecule has 0 radical (unpaired) electrons. The smallest absolute Gasteiger partial charge is 0.238 e. The van der Waals surface area contributed by atoms with Crippen LogP contribution in [0.5, 0.6) is 0 Å². The average Bonchev–Trinajstić information content (AvgIpc) is 2.34. The van der Waals surface area contributed by atoms with Crippen molar-refractivity contribution in [2.24, 2.45) is 5.73 Å². The van der Waals surface area contributed by atoms with Gasteiger partial charge in [0.05, 0.1) is 6.54 Å². The van der Waals surface area contributed by atoms with Crippen molar-refractivity contribution in [3.8, 4) is 0 Å². The van der Waals surface area contributed by atoms with Crippen molar-refractivity contribution in [2.75, 3.05) is 17.2 Å². The lowest BCUT2D eigenvalue weighted by molar-refractivity contribution is -0.116. The third-order valence-electron chi connectivity index (χ3n) is 2.54. The molecule has 1 aromatic rings. The third kappa shape index (κ3) is 5.28. The van der Waals surface area contributed by atoms with Gasteiger partial charge in [-0.3, -0.25) is 9.59 Å². The van der Waals surface area contributed by atoms with E-state index >= 15 is 0 Å². The first kappa shape index (κ1) is 17.4. The Hall–Kier alpha value is -1.59. The molecule has 0 unspecified atom stereocenters. The first-order valence-corrected chi connectivity index (χ1v) is 5.97. The van der Waals surface area contributed by atoms with Gasteiger partial charge in [-0.25, -0.2) is 0 Å². The standard InChI is InChI=1S/C13H19N3O2.ClH/c1-3-5-12(17)15-10-6-4-7-11(9(10)2)16-13(18)8-14;/h4,6-7H,3,5,8,14H2,1-2H3,(H,15,17)(H,16,18);1H. The SMILES string of the molecule is CCCC(=O)Nc1cccc(NC(=O)CN)c1C.Cl. The molecule has 0 aliphatic heterocycles. The summed E-state index contributed by atoms with van der Waals surface area (Å²) in [5.74, 6) is -0.280. The zero-order valence-electron chi connectivity index (χ0n) is 11.2. The van der Waals surface area contributed by atoms with Gasteiger partial charge >= 0.3 is 0 Å². The van der Waals surface area contributed by atoms with Crippen molar-refractivity contribution >= 4 is 35.6 Å². The number of benzene rings is 1. The van der Waals surface area contributed by atoms with Gasteiger partial charge in [-0.05, 0) is 31.0 Å². The Kier molecular flexibility index (Phi) is 7.79. The molecule has 1 aromatic carbocycles. The van der Waals surface area contributed by atoms with Gasteiger partial charge in [0.1, 0.15) is 0 Å². The van der Waals surface area contributed by atoms with E-state index in [1.54, 1.807) is 18.2 Å². The van der Waals surface area contributed by atoms with Crippen LogP contribution in [0, 0.1) is 6.92 Å². The maximum absolute atomic E-state index is 11.5. The van der Waals surface area contributed by atoms with Gasteiger partial charge < -0.3 is 16.4 Å². The summed E-state index contributed by atoms with van der Waals surface area (Å²) in [6.07, 6.45) is 1.29. The molecule has 5 nitrogen and oxygen atoms in total. The van der Waals surface area contributed by atoms with Gasteiger partial charge in [-0.1, -0.05) is 13.0 Å². The van der Waals surface area contributed by atoms with Gasteiger partial charge in [-0.2, -0.15) is 0 Å². The Labute approximate surface area is 119 Å². The number of anilines is 2. The number of amides is 2. The first-order valence-electron chi connectivity index (χ1n) is 5.97. The number of carbonyl (C=O) groups is 2. The molecule has 0 bridgehead atoms. The highest BCUT2D eigenvalue weighted by Gasteiger charge is 2.08. The summed E-state index contributed by atoms with van der Waals surface area (Å²) in [5.41, 5.74) is 7.45. The highest BCUT2D eigenvalue weighted by molar-refractivity contribution is 5.96. The Morgan fingerprint density at radius 2 is 1.68 bits per heavy atom. The zero-order chi connectivity index (χ0) is 13.5. The topological polar surface area (TPSA) is 84.2 Å². The Bertz CT molecular complexity index is 450. The molecule has 0 atom stereocenters. The van der Waals surface area contributed by atoms with E-state index in [1.807, 2.05) is 13.8 Å². The fourth-order valence-corrected chi connectivity index (χ4v) is 1.55. The Balaban J connectivity index is 0.00000324. The molecule has 0 aliphatic rings. The van der Waals surface area contributed by atoms with E-state index < -0.39 is 0 Å². The fourth-order valence-electron chi connectivity index (χ4n) is 1.55. The fraction of sp³-hybridized carbons (Fsp3) is 0.385. The van der Waals surface area contributed by atoms with E-state index in [9.17, 15) is 9.59 Å². The van der Waals surface area contributed by atoms with E-state index in [1.165, 1.54) is 0 Å². The number of hydrogen-bond acceptors (Lipinski definition) is 3. The van der Waals surface area contributed by atoms with Crippen molar-refractivity contribution in [3.63, 3.8) is 0 Å². The minimum atomic E-state index is -0.255. The quantitative estimate of drug-likeness (QED) is 0.774. The largest absolute Gasteiger partial charge is 0.326 e. The molecule has 0 fully saturated rings. The van der Waals surface area contributed by atoms with E-state index in [2.05, 4.69) is 10.6 Å². The van der Waals surface area contributed by atoms with E-state index in [0.717, 1.165) is 12.0 Å². The van der Waals surface area contributed by atoms with E-state index in [4.69, 9.17) is 5.73 Å². The summed E-state index contributed by atoms with van der Waals surface area (Å²) in [6.45, 7) is 3.73. The number of hydrogen-bond donors (Lipinski definition) is 3. The second kappa shape index (κ2) is 8.50. The molecule has 0 aromatic heterocycles. The predicted molar refractivity (Wildman–Crippen MR) is 79.6 cm³/mol. The van der Waals surface area contributed by atoms with Crippen molar-refractivity contribution in [1.29, 1.82) is 0 Å². The number of nitrogens with two attached hydrogens (primary N) is 1. The van der Waals surface area contributed by atoms with Crippen LogP contribution in [0.15, 0.2) is 18.2 Å². The summed E-state index contributed by atoms with van der Waals surface area (Å²) in [5, 5.41) is 5.51. The lowest BCUT2D eigenvalue weighted by atomic mass is 10.1. The van der Waals surface area contributed by atoms with Crippen molar-refractivity contribution < 1.29 is 9.59 Å². The van der Waals surface area contributed by atoms with Crippen molar-refractivity contribution in [1.82, 2.24) is 0 Å². The summed E-state index contributed by atoms with van der Waals surface area (Å²) in [6, 6.07) is 5.36. The summed E-state index contributed by atoms with van der Waals surface area (Å²) in [4.78, 5) is 22.8. The van der Waals surface area contributed by atoms with E-state index in [0.29, 0.717) is 17.8 Å². The van der Waals surface area contributed by atoms with Gasteiger partial charge in [0.25, 0.3) is 0 Å². The molecular formula is C13H20ClN3O2. The van der Waals surface area contributed by atoms with Crippen molar-refractivity contribution in [2.45, 2.75) is 26.7 Å². The van der Waals surface area contributed by atoms with Crippen LogP contribution < -0.4 is 16.4 Å². The number of nitrogens with one attached hydrogen (secondary N) is 2. The normalized spacial score (nSPS) is 9.42. The number of halogens is 1. The van der Waals surface area contributed by atoms with Crippen LogP contribution in [0.2, 0.25) is 0 Å². The first-order chi connectivity index (χ1) is 8.58. The monoisotopic (exact) mass is 285 g/mol. The lowest BCUT2D eigenvalue weighted by Gasteiger charge is -2.12. The minimum absolute atomic E-state index is 0. The molecule has 0 saturated heterocycles. The second-order valence-corrected chi connectivity index (χ2v) is 4.03. The van der Waals surface area contributed by atoms with Crippen LogP contribution in [0.1, 0.15) is 25.3 Å². The maximum Gasteiger partial charge on any atom is 0.238 e. The molecule has 19 heavy (non-hydrogen) atoms. The van der Waals surface area contributed by atoms with Crippen LogP contribution in [0.3, 0.4) is 0 Å². The van der Waals surface area contributed by atoms with Crippen LogP contribution in [-0.4, -0.2) is 18.4 Å². The van der Waals surface area contributed by atoms with E-state index in [-0.39, 0.29) is 30.8 Å². The molecule has 106 valence electrons. The highest BCUT2D eigenvalue weighted by Crippen LogP contribution is 2.23. The molecule has 0 aliphatic carbocycles. The zero-order valence-corrected chi connectivity index (χ0v) is 12.0. The number of rotatable bonds is 5. The van der Waals surface area contributed by atoms with Crippen LogP contribution in [0.25, 0.3) is 0 Å². The molecule has 0 heterocycles. The average molecular weight is 286 g/mol. The Morgan fingerprint density at radius 3 is 2.16 bits per heavy atom. The molecule has 1 rings (SSSR count). The molecule has 4 N–H and O–H groups in total.